The number of hydrogen-bond donors (Lipinski definition) is 4. The molecule has 0 saturated carbocycles. The van der Waals surface area contributed by atoms with E-state index in [1.165, 1.54) is 0 Å². The molecule has 0 spiro atoms. The number of rotatable bonds is 0. The van der Waals surface area contributed by atoms with Gasteiger partial charge in [0.15, 0.2) is 0 Å². The van der Waals surface area contributed by atoms with E-state index in [1.54, 1.807) is 75.3 Å². The van der Waals surface area contributed by atoms with Gasteiger partial charge < -0.3 is 29.4 Å². The molecule has 6 aliphatic rings. The molecule has 0 radical (unpaired) electrons. The molecule has 0 atom stereocenters. The number of nitrogens with zero attached hydrogens (tertiary/aromatic N) is 12. The van der Waals surface area contributed by atoms with E-state index in [2.05, 4.69) is 59.9 Å². The van der Waals surface area contributed by atoms with Crippen molar-refractivity contribution in [3.63, 3.8) is 0 Å². The molecule has 0 aromatic heterocycles. The summed E-state index contributed by atoms with van der Waals surface area (Å²) in [6.07, 6.45) is 19.9. The van der Waals surface area contributed by atoms with Gasteiger partial charge in [-0.3, -0.25) is 39.1 Å². The van der Waals surface area contributed by atoms with Crippen molar-refractivity contribution in [3.05, 3.63) is 0 Å². The molecular weight excluding hydrogens is 633 g/mol. The molecule has 0 unspecified atom stereocenters. The van der Waals surface area contributed by atoms with Gasteiger partial charge in [-0.25, -0.2) is 30.0 Å². The maximum atomic E-state index is 8.77. The first-order valence-electron chi connectivity index (χ1n) is 10.5. The van der Waals surface area contributed by atoms with Gasteiger partial charge in [-0.15, -0.1) is 0 Å². The molecule has 0 aromatic rings. The third-order valence-electron chi connectivity index (χ3n) is 2.64. The SMILES string of the molecule is C1=NC=NC1.C1=NC=NC1.C1=NC=NC1.C1=NC=NC1.C1=NC=NC1.C1=NC=NC1.O=P([O-])(O)O.O=P([O-])(O)O.[Ni+2]. The fraction of sp³-hybridized carbons (Fsp3) is 0.333. The van der Waals surface area contributed by atoms with Crippen LogP contribution >= 0.6 is 15.6 Å². The Bertz CT molecular complexity index is 842. The van der Waals surface area contributed by atoms with Crippen LogP contribution in [0.15, 0.2) is 59.9 Å². The van der Waals surface area contributed by atoms with Crippen molar-refractivity contribution in [2.75, 3.05) is 39.3 Å². The van der Waals surface area contributed by atoms with Crippen LogP contribution in [0.4, 0.5) is 0 Å². The van der Waals surface area contributed by atoms with Gasteiger partial charge in [-0.1, -0.05) is 0 Å². The van der Waals surface area contributed by atoms with Crippen LogP contribution in [0.5, 0.6) is 0 Å². The van der Waals surface area contributed by atoms with Crippen molar-refractivity contribution in [3.8, 4) is 0 Å². The minimum atomic E-state index is -4.89. The minimum absolute atomic E-state index is 0. The molecule has 228 valence electrons. The van der Waals surface area contributed by atoms with E-state index in [-0.39, 0.29) is 16.5 Å². The van der Waals surface area contributed by atoms with Gasteiger partial charge in [-0.05, 0) is 0 Å². The molecule has 4 N–H and O–H groups in total. The number of aliphatic imine (C=N–C) groups is 12. The summed E-state index contributed by atoms with van der Waals surface area (Å²) in [5, 5.41) is 0. The molecule has 6 rings (SSSR count). The van der Waals surface area contributed by atoms with Gasteiger partial charge in [0.25, 0.3) is 15.6 Å². The fourth-order valence-electron chi connectivity index (χ4n) is 1.41. The maximum Gasteiger partial charge on any atom is 2.00 e. The molecule has 0 aromatic carbocycles. The summed E-state index contributed by atoms with van der Waals surface area (Å²) < 4.78 is 17.5. The third-order valence-corrected chi connectivity index (χ3v) is 2.64. The van der Waals surface area contributed by atoms with Gasteiger partial charge in [0.1, 0.15) is 38.0 Å². The van der Waals surface area contributed by atoms with Gasteiger partial charge in [0, 0.05) is 37.3 Å². The van der Waals surface area contributed by atoms with Crippen LogP contribution in [0.3, 0.4) is 0 Å². The summed E-state index contributed by atoms with van der Waals surface area (Å²) in [6, 6.07) is 0. The van der Waals surface area contributed by atoms with Gasteiger partial charge in [0.05, 0.1) is 39.3 Å². The van der Waals surface area contributed by atoms with E-state index in [1.807, 2.05) is 0 Å². The van der Waals surface area contributed by atoms with Crippen LogP contribution in [0.25, 0.3) is 0 Å². The van der Waals surface area contributed by atoms with Crippen LogP contribution in [-0.2, 0) is 25.6 Å². The zero-order chi connectivity index (χ0) is 30.2. The Hall–Kier alpha value is -3.25. The standard InChI is InChI=1S/6C3H4N2.Ni.2H3O4P/c6*1-2-5-3-4-1;;2*1-5(2,3)4/h6*1,3H,2H2;;2*(H3,1,2,3,4)/q;;;;;;+2;;/p-2. The van der Waals surface area contributed by atoms with Crippen molar-refractivity contribution in [2.24, 2.45) is 59.9 Å². The van der Waals surface area contributed by atoms with Crippen molar-refractivity contribution in [1.82, 2.24) is 0 Å². The van der Waals surface area contributed by atoms with Crippen LogP contribution in [0.2, 0.25) is 0 Å². The normalized spacial score (nSPS) is 15.8. The molecule has 0 bridgehead atoms. The molecule has 0 amide bonds. The van der Waals surface area contributed by atoms with Crippen molar-refractivity contribution in [2.45, 2.75) is 0 Å². The third kappa shape index (κ3) is 62.0. The Labute approximate surface area is 245 Å². The van der Waals surface area contributed by atoms with E-state index < -0.39 is 15.6 Å². The predicted molar refractivity (Wildman–Crippen MR) is 155 cm³/mol. The van der Waals surface area contributed by atoms with Crippen molar-refractivity contribution < 1.29 is 55.0 Å². The monoisotopic (exact) mass is 660 g/mol. The molecular formula is C18H28N12NiO8P2. The van der Waals surface area contributed by atoms with E-state index in [4.69, 9.17) is 38.5 Å². The molecule has 6 aliphatic heterocycles. The van der Waals surface area contributed by atoms with Crippen molar-refractivity contribution >= 4 is 91.0 Å². The first-order valence-corrected chi connectivity index (χ1v) is 13.6. The molecule has 23 heteroatoms. The largest absolute Gasteiger partial charge is 2.00 e. The predicted octanol–water partition coefficient (Wildman–Crippen LogP) is -2.53. The van der Waals surface area contributed by atoms with Gasteiger partial charge >= 0.3 is 16.5 Å². The Morgan fingerprint density at radius 2 is 0.537 bits per heavy atom. The molecule has 0 fully saturated rings. The molecule has 0 saturated heterocycles. The van der Waals surface area contributed by atoms with Crippen LogP contribution < -0.4 is 9.79 Å². The quantitative estimate of drug-likeness (QED) is 0.158. The summed E-state index contributed by atoms with van der Waals surface area (Å²) in [7, 11) is -9.78. The topological polar surface area (TPSA) is 310 Å². The van der Waals surface area contributed by atoms with E-state index in [0.717, 1.165) is 39.3 Å². The fourth-order valence-corrected chi connectivity index (χ4v) is 1.41. The Morgan fingerprint density at radius 1 is 0.415 bits per heavy atom. The average molecular weight is 661 g/mol. The van der Waals surface area contributed by atoms with E-state index >= 15 is 0 Å². The zero-order valence-corrected chi connectivity index (χ0v) is 23.9. The smallest absolute Gasteiger partial charge is 0.756 e. The van der Waals surface area contributed by atoms with Crippen LogP contribution in [0.1, 0.15) is 0 Å². The zero-order valence-electron chi connectivity index (χ0n) is 21.2. The summed E-state index contributed by atoms with van der Waals surface area (Å²) in [5.41, 5.74) is 0. The molecule has 41 heavy (non-hydrogen) atoms. The molecule has 20 nitrogen and oxygen atoms in total. The van der Waals surface area contributed by atoms with E-state index in [9.17, 15) is 0 Å². The summed E-state index contributed by atoms with van der Waals surface area (Å²) in [6.45, 7) is 4.67. The second-order valence-electron chi connectivity index (χ2n) is 5.85. The summed E-state index contributed by atoms with van der Waals surface area (Å²) in [5.74, 6) is 0. The maximum absolute atomic E-state index is 8.77. The number of phosphoric acid groups is 2. The van der Waals surface area contributed by atoms with Crippen LogP contribution in [0, 0.1) is 0 Å². The first-order chi connectivity index (χ1) is 19.0. The number of hydrogen-bond acceptors (Lipinski definition) is 16. The Kier molecular flexibility index (Phi) is 32.2. The second kappa shape index (κ2) is 31.3. The van der Waals surface area contributed by atoms with Gasteiger partial charge in [0.2, 0.25) is 0 Å². The van der Waals surface area contributed by atoms with E-state index in [0.29, 0.717) is 0 Å². The summed E-state index contributed by atoms with van der Waals surface area (Å²) >= 11 is 0. The van der Waals surface area contributed by atoms with Crippen molar-refractivity contribution in [1.29, 1.82) is 0 Å². The first kappa shape index (κ1) is 42.2. The Balaban J connectivity index is -0.000000401. The van der Waals surface area contributed by atoms with Crippen LogP contribution in [-0.4, -0.2) is 134 Å². The molecule has 0 aliphatic carbocycles. The minimum Gasteiger partial charge on any atom is -0.756 e. The Morgan fingerprint density at radius 3 is 0.561 bits per heavy atom. The summed E-state index contributed by atoms with van der Waals surface area (Å²) in [4.78, 5) is 90.3. The average Bonchev–Trinajstić information content (AvgIpc) is 3.81. The second-order valence-corrected chi connectivity index (χ2v) is 7.82. The van der Waals surface area contributed by atoms with Gasteiger partial charge in [-0.2, -0.15) is 0 Å². The molecule has 6 heterocycles.